The number of nitrogens with zero attached hydrogens (tertiary/aromatic N) is 1. The maximum absolute atomic E-state index is 11.6. The number of carbonyl (C=O) groups excluding carboxylic acids is 1. The Morgan fingerprint density at radius 3 is 2.78 bits per heavy atom. The summed E-state index contributed by atoms with van der Waals surface area (Å²) in [7, 11) is 3.36. The van der Waals surface area contributed by atoms with Gasteiger partial charge < -0.3 is 20.4 Å². The Bertz CT molecular complexity index is 650. The molecule has 0 fully saturated rings. The molecule has 23 heavy (non-hydrogen) atoms. The van der Waals surface area contributed by atoms with Gasteiger partial charge in [0, 0.05) is 26.2 Å². The molecule has 0 aliphatic rings. The number of carbonyl (C=O) groups is 1. The summed E-state index contributed by atoms with van der Waals surface area (Å²) in [6, 6.07) is 11.4. The largest absolute Gasteiger partial charge is 0.467 e. The molecule has 1 amide bonds. The maximum Gasteiger partial charge on any atom is 0.251 e. The first-order chi connectivity index (χ1) is 11.2. The molecule has 6 nitrogen and oxygen atoms in total. The van der Waals surface area contributed by atoms with Crippen LogP contribution in [0.2, 0.25) is 0 Å². The summed E-state index contributed by atoms with van der Waals surface area (Å²) < 4.78 is 5.27. The molecule has 0 saturated heterocycles. The lowest BCUT2D eigenvalue weighted by molar-refractivity contribution is 0.0963. The molecule has 0 aliphatic carbocycles. The van der Waals surface area contributed by atoms with Crippen molar-refractivity contribution < 1.29 is 9.21 Å². The number of amides is 1. The predicted molar refractivity (Wildman–Crippen MR) is 90.4 cm³/mol. The van der Waals surface area contributed by atoms with Crippen molar-refractivity contribution in [1.82, 2.24) is 16.0 Å². The van der Waals surface area contributed by atoms with Crippen molar-refractivity contribution in [2.75, 3.05) is 20.6 Å². The predicted octanol–water partition coefficient (Wildman–Crippen LogP) is 1.55. The molecule has 1 aromatic heterocycles. The molecule has 0 unspecified atom stereocenters. The van der Waals surface area contributed by atoms with Crippen molar-refractivity contribution in [3.63, 3.8) is 0 Å². The fourth-order valence-electron chi connectivity index (χ4n) is 2.14. The fraction of sp³-hybridized carbons (Fsp3) is 0.294. The van der Waals surface area contributed by atoms with Gasteiger partial charge in [0.05, 0.1) is 12.8 Å². The van der Waals surface area contributed by atoms with Gasteiger partial charge in [0.15, 0.2) is 5.96 Å². The summed E-state index contributed by atoms with van der Waals surface area (Å²) >= 11 is 0. The third kappa shape index (κ3) is 5.18. The minimum Gasteiger partial charge on any atom is -0.467 e. The second kappa shape index (κ2) is 8.63. The molecule has 0 bridgehead atoms. The van der Waals surface area contributed by atoms with E-state index < -0.39 is 0 Å². The topological polar surface area (TPSA) is 78.7 Å². The molecule has 1 aromatic carbocycles. The highest BCUT2D eigenvalue weighted by atomic mass is 16.3. The van der Waals surface area contributed by atoms with Crippen LogP contribution in [-0.4, -0.2) is 32.5 Å². The van der Waals surface area contributed by atoms with Gasteiger partial charge in [-0.25, -0.2) is 0 Å². The van der Waals surface area contributed by atoms with Crippen LogP contribution in [0.4, 0.5) is 0 Å². The minimum atomic E-state index is -0.0734. The number of aliphatic imine (C=N–C) groups is 1. The van der Waals surface area contributed by atoms with Crippen molar-refractivity contribution in [2.24, 2.45) is 4.99 Å². The van der Waals surface area contributed by atoms with Crippen LogP contribution in [0.1, 0.15) is 21.7 Å². The molecule has 0 atom stereocenters. The van der Waals surface area contributed by atoms with E-state index in [0.29, 0.717) is 18.1 Å². The lowest BCUT2D eigenvalue weighted by atomic mass is 10.1. The number of furan rings is 1. The van der Waals surface area contributed by atoms with Crippen molar-refractivity contribution in [3.8, 4) is 0 Å². The van der Waals surface area contributed by atoms with Gasteiger partial charge in [-0.15, -0.1) is 0 Å². The van der Waals surface area contributed by atoms with Crippen LogP contribution in [0.5, 0.6) is 0 Å². The van der Waals surface area contributed by atoms with E-state index in [9.17, 15) is 4.79 Å². The Balaban J connectivity index is 1.80. The SMILES string of the molecule is CN=C(NCCc1cccc(C(=O)NC)c1)NCc1ccco1. The number of rotatable bonds is 6. The molecule has 122 valence electrons. The van der Waals surface area contributed by atoms with Crippen LogP contribution in [0.25, 0.3) is 0 Å². The van der Waals surface area contributed by atoms with Gasteiger partial charge in [-0.1, -0.05) is 12.1 Å². The Morgan fingerprint density at radius 1 is 1.22 bits per heavy atom. The van der Waals surface area contributed by atoms with Gasteiger partial charge in [0.25, 0.3) is 5.91 Å². The third-order valence-electron chi connectivity index (χ3n) is 3.36. The second-order valence-electron chi connectivity index (χ2n) is 4.96. The molecule has 2 rings (SSSR count). The Kier molecular flexibility index (Phi) is 6.23. The molecule has 0 radical (unpaired) electrons. The summed E-state index contributed by atoms with van der Waals surface area (Å²) in [5.41, 5.74) is 1.77. The first kappa shape index (κ1) is 16.6. The quantitative estimate of drug-likeness (QED) is 0.558. The minimum absolute atomic E-state index is 0.0734. The Morgan fingerprint density at radius 2 is 2.09 bits per heavy atom. The van der Waals surface area contributed by atoms with Crippen LogP contribution in [0, 0.1) is 0 Å². The number of nitrogens with one attached hydrogen (secondary N) is 3. The summed E-state index contributed by atoms with van der Waals surface area (Å²) in [6.07, 6.45) is 2.44. The van der Waals surface area contributed by atoms with E-state index in [1.807, 2.05) is 30.3 Å². The van der Waals surface area contributed by atoms with Gasteiger partial charge in [-0.3, -0.25) is 9.79 Å². The molecule has 0 spiro atoms. The van der Waals surface area contributed by atoms with Crippen LogP contribution in [0.3, 0.4) is 0 Å². The van der Waals surface area contributed by atoms with Crippen molar-refractivity contribution in [2.45, 2.75) is 13.0 Å². The van der Waals surface area contributed by atoms with E-state index in [1.165, 1.54) is 0 Å². The van der Waals surface area contributed by atoms with Gasteiger partial charge in [0.1, 0.15) is 5.76 Å². The second-order valence-corrected chi connectivity index (χ2v) is 4.96. The highest BCUT2D eigenvalue weighted by Gasteiger charge is 2.04. The van der Waals surface area contributed by atoms with Crippen molar-refractivity contribution in [1.29, 1.82) is 0 Å². The zero-order chi connectivity index (χ0) is 16.5. The summed E-state index contributed by atoms with van der Waals surface area (Å²) in [5, 5.41) is 9.05. The van der Waals surface area contributed by atoms with Gasteiger partial charge >= 0.3 is 0 Å². The third-order valence-corrected chi connectivity index (χ3v) is 3.36. The number of guanidine groups is 1. The fourth-order valence-corrected chi connectivity index (χ4v) is 2.14. The zero-order valence-electron chi connectivity index (χ0n) is 13.4. The molecule has 0 aliphatic heterocycles. The Labute approximate surface area is 136 Å². The molecule has 1 heterocycles. The van der Waals surface area contributed by atoms with E-state index in [2.05, 4.69) is 20.9 Å². The average molecular weight is 314 g/mol. The zero-order valence-corrected chi connectivity index (χ0v) is 13.4. The molecular weight excluding hydrogens is 292 g/mol. The van der Waals surface area contributed by atoms with E-state index in [0.717, 1.165) is 24.3 Å². The van der Waals surface area contributed by atoms with E-state index in [1.54, 1.807) is 26.4 Å². The average Bonchev–Trinajstić information content (AvgIpc) is 3.11. The highest BCUT2D eigenvalue weighted by Crippen LogP contribution is 2.05. The normalized spacial score (nSPS) is 11.1. The maximum atomic E-state index is 11.6. The van der Waals surface area contributed by atoms with Gasteiger partial charge in [0.2, 0.25) is 0 Å². The lowest BCUT2D eigenvalue weighted by Gasteiger charge is -2.11. The van der Waals surface area contributed by atoms with E-state index in [-0.39, 0.29) is 5.91 Å². The number of hydrogen-bond acceptors (Lipinski definition) is 3. The van der Waals surface area contributed by atoms with E-state index >= 15 is 0 Å². The van der Waals surface area contributed by atoms with E-state index in [4.69, 9.17) is 4.42 Å². The molecule has 6 heteroatoms. The van der Waals surface area contributed by atoms with Gasteiger partial charge in [-0.2, -0.15) is 0 Å². The molecule has 2 aromatic rings. The molecule has 0 saturated carbocycles. The van der Waals surface area contributed by atoms with Crippen molar-refractivity contribution in [3.05, 3.63) is 59.5 Å². The monoisotopic (exact) mass is 314 g/mol. The Hall–Kier alpha value is -2.76. The highest BCUT2D eigenvalue weighted by molar-refractivity contribution is 5.94. The summed E-state index contributed by atoms with van der Waals surface area (Å²) in [5.74, 6) is 1.49. The molecule has 3 N–H and O–H groups in total. The standard InChI is InChI=1S/C17H22N4O2/c1-18-16(22)14-6-3-5-13(11-14)8-9-20-17(19-2)21-12-15-7-4-10-23-15/h3-7,10-11H,8-9,12H2,1-2H3,(H,18,22)(H2,19,20,21). The van der Waals surface area contributed by atoms with Crippen LogP contribution < -0.4 is 16.0 Å². The summed E-state index contributed by atoms with van der Waals surface area (Å²) in [4.78, 5) is 15.8. The smallest absolute Gasteiger partial charge is 0.251 e. The van der Waals surface area contributed by atoms with Crippen LogP contribution >= 0.6 is 0 Å². The summed E-state index contributed by atoms with van der Waals surface area (Å²) in [6.45, 7) is 1.30. The first-order valence-electron chi connectivity index (χ1n) is 7.51. The van der Waals surface area contributed by atoms with Crippen molar-refractivity contribution >= 4 is 11.9 Å². The number of benzene rings is 1. The lowest BCUT2D eigenvalue weighted by Crippen LogP contribution is -2.37. The molecular formula is C17H22N4O2. The van der Waals surface area contributed by atoms with Crippen LogP contribution in [0.15, 0.2) is 52.1 Å². The van der Waals surface area contributed by atoms with Crippen LogP contribution in [-0.2, 0) is 13.0 Å². The first-order valence-corrected chi connectivity index (χ1v) is 7.51. The van der Waals surface area contributed by atoms with Gasteiger partial charge in [-0.05, 0) is 36.2 Å². The number of hydrogen-bond donors (Lipinski definition) is 3.